The van der Waals surface area contributed by atoms with Crippen molar-refractivity contribution in [3.8, 4) is 0 Å². The van der Waals surface area contributed by atoms with Crippen LogP contribution in [0.4, 0.5) is 4.79 Å². The molecule has 1 saturated heterocycles. The van der Waals surface area contributed by atoms with Crippen LogP contribution in [-0.4, -0.2) is 25.2 Å². The molecule has 0 radical (unpaired) electrons. The molecular weight excluding hydrogens is 148 g/mol. The van der Waals surface area contributed by atoms with Crippen molar-refractivity contribution >= 4 is 11.9 Å². The van der Waals surface area contributed by atoms with E-state index in [1.807, 2.05) is 0 Å². The summed E-state index contributed by atoms with van der Waals surface area (Å²) in [6, 6.07) is 0. The zero-order valence-electron chi connectivity index (χ0n) is 6.17. The van der Waals surface area contributed by atoms with Crippen LogP contribution < -0.4 is 0 Å². The highest BCUT2D eigenvalue weighted by atomic mass is 16.7. The summed E-state index contributed by atoms with van der Waals surface area (Å²) in [6.07, 6.45) is 1.26. The number of cyclic esters (lactones) is 2. The van der Waals surface area contributed by atoms with Crippen LogP contribution in [-0.2, 0) is 14.3 Å². The Kier molecular flexibility index (Phi) is 2.89. The van der Waals surface area contributed by atoms with Gasteiger partial charge in [-0.1, -0.05) is 0 Å². The van der Waals surface area contributed by atoms with E-state index < -0.39 is 6.16 Å². The van der Waals surface area contributed by atoms with Crippen molar-refractivity contribution in [3.63, 3.8) is 0 Å². The first-order chi connectivity index (χ1) is 5.29. The minimum atomic E-state index is -0.736. The van der Waals surface area contributed by atoms with Gasteiger partial charge in [0.15, 0.2) is 12.4 Å². The predicted octanol–water partition coefficient (Wildman–Crippen LogP) is 0.893. The van der Waals surface area contributed by atoms with Gasteiger partial charge in [-0.15, -0.1) is 0 Å². The van der Waals surface area contributed by atoms with Crippen molar-refractivity contribution in [2.24, 2.45) is 0 Å². The molecule has 11 heavy (non-hydrogen) atoms. The summed E-state index contributed by atoms with van der Waals surface area (Å²) in [4.78, 5) is 21.3. The third kappa shape index (κ3) is 3.02. The third-order valence-electron chi connectivity index (χ3n) is 1.42. The van der Waals surface area contributed by atoms with Crippen LogP contribution in [0.15, 0.2) is 0 Å². The molecule has 1 fully saturated rings. The highest BCUT2D eigenvalue weighted by molar-refractivity contribution is 5.81. The number of rotatable bonds is 0. The fraction of sp³-hybridized carbons (Fsp3) is 0.714. The van der Waals surface area contributed by atoms with Crippen molar-refractivity contribution in [1.82, 2.24) is 0 Å². The summed E-state index contributed by atoms with van der Waals surface area (Å²) >= 11 is 0. The van der Waals surface area contributed by atoms with Crippen LogP contribution in [0.25, 0.3) is 0 Å². The van der Waals surface area contributed by atoms with Crippen LogP contribution in [0.1, 0.15) is 19.3 Å². The van der Waals surface area contributed by atoms with Gasteiger partial charge in [-0.2, -0.15) is 0 Å². The first kappa shape index (κ1) is 8.04. The monoisotopic (exact) mass is 158 g/mol. The number of carbonyl (C=O) groups is 2. The highest BCUT2D eigenvalue weighted by Crippen LogP contribution is 2.01. The molecule has 4 nitrogen and oxygen atoms in total. The molecule has 0 unspecified atom stereocenters. The van der Waals surface area contributed by atoms with E-state index >= 15 is 0 Å². The summed E-state index contributed by atoms with van der Waals surface area (Å²) in [7, 11) is 0. The number of hydrogen-bond acceptors (Lipinski definition) is 4. The molecule has 0 aromatic carbocycles. The molecule has 1 aliphatic heterocycles. The molecule has 0 saturated carbocycles. The summed E-state index contributed by atoms with van der Waals surface area (Å²) in [6.45, 7) is 0.213. The second kappa shape index (κ2) is 3.95. The number of hydrogen-bond donors (Lipinski definition) is 0. The number of ether oxygens (including phenoxy) is 2. The van der Waals surface area contributed by atoms with Gasteiger partial charge in [0.25, 0.3) is 0 Å². The molecule has 62 valence electrons. The van der Waals surface area contributed by atoms with E-state index in [0.29, 0.717) is 13.0 Å². The van der Waals surface area contributed by atoms with Crippen LogP contribution in [0.3, 0.4) is 0 Å². The Balaban J connectivity index is 2.37. The molecule has 0 amide bonds. The van der Waals surface area contributed by atoms with Crippen molar-refractivity contribution in [1.29, 1.82) is 0 Å². The van der Waals surface area contributed by atoms with Gasteiger partial charge in [-0.3, -0.25) is 4.79 Å². The van der Waals surface area contributed by atoms with Gasteiger partial charge in [-0.25, -0.2) is 4.79 Å². The second-order valence-electron chi connectivity index (χ2n) is 2.38. The van der Waals surface area contributed by atoms with E-state index in [2.05, 4.69) is 9.47 Å². The van der Waals surface area contributed by atoms with E-state index in [-0.39, 0.29) is 12.4 Å². The lowest BCUT2D eigenvalue weighted by Crippen LogP contribution is -2.12. The smallest absolute Gasteiger partial charge is 0.434 e. The normalized spacial score (nSPS) is 20.7. The van der Waals surface area contributed by atoms with Gasteiger partial charge in [0.2, 0.25) is 0 Å². The highest BCUT2D eigenvalue weighted by Gasteiger charge is 2.10. The molecule has 0 N–H and O–H groups in total. The standard InChI is InChI=1S/C7H10O4/c8-6-3-1-2-4-10-7(9)11-5-6/h1-5H2. The maximum Gasteiger partial charge on any atom is 0.508 e. The lowest BCUT2D eigenvalue weighted by molar-refractivity contribution is -0.122. The van der Waals surface area contributed by atoms with Crippen molar-refractivity contribution in [2.75, 3.05) is 13.2 Å². The SMILES string of the molecule is O=C1CCCCOC(=O)OC1. The fourth-order valence-electron chi connectivity index (χ4n) is 0.833. The lowest BCUT2D eigenvalue weighted by Gasteiger charge is -2.00. The third-order valence-corrected chi connectivity index (χ3v) is 1.42. The number of Topliss-reactive ketones (excluding diaryl/α,β-unsaturated/α-hetero) is 1. The van der Waals surface area contributed by atoms with Gasteiger partial charge < -0.3 is 9.47 Å². The summed E-state index contributed by atoms with van der Waals surface area (Å²) in [5.41, 5.74) is 0. The van der Waals surface area contributed by atoms with Gasteiger partial charge in [0, 0.05) is 6.42 Å². The molecular formula is C7H10O4. The van der Waals surface area contributed by atoms with Crippen molar-refractivity contribution in [3.05, 3.63) is 0 Å². The van der Waals surface area contributed by atoms with Crippen LogP contribution >= 0.6 is 0 Å². The van der Waals surface area contributed by atoms with Crippen LogP contribution in [0.2, 0.25) is 0 Å². The Morgan fingerprint density at radius 1 is 1.09 bits per heavy atom. The Morgan fingerprint density at radius 2 is 1.91 bits per heavy atom. The largest absolute Gasteiger partial charge is 0.508 e. The Labute approximate surface area is 64.5 Å². The van der Waals surface area contributed by atoms with Gasteiger partial charge in [0.05, 0.1) is 6.61 Å². The molecule has 0 aromatic rings. The van der Waals surface area contributed by atoms with E-state index in [4.69, 9.17) is 0 Å². The van der Waals surface area contributed by atoms with E-state index in [0.717, 1.165) is 12.8 Å². The average Bonchev–Trinajstić information content (AvgIpc) is 2.06. The number of carbonyl (C=O) groups excluding carboxylic acids is 2. The average molecular weight is 158 g/mol. The maximum atomic E-state index is 10.8. The zero-order chi connectivity index (χ0) is 8.10. The molecule has 4 heteroatoms. The first-order valence-electron chi connectivity index (χ1n) is 3.60. The lowest BCUT2D eigenvalue weighted by atomic mass is 10.2. The Bertz CT molecular complexity index is 146. The molecule has 0 aromatic heterocycles. The van der Waals surface area contributed by atoms with Crippen molar-refractivity contribution < 1.29 is 19.1 Å². The van der Waals surface area contributed by atoms with Gasteiger partial charge in [-0.05, 0) is 12.8 Å². The number of ketones is 1. The fourth-order valence-corrected chi connectivity index (χ4v) is 0.833. The molecule has 1 heterocycles. The quantitative estimate of drug-likeness (QED) is 0.491. The van der Waals surface area contributed by atoms with E-state index in [9.17, 15) is 9.59 Å². The van der Waals surface area contributed by atoms with Crippen molar-refractivity contribution in [2.45, 2.75) is 19.3 Å². The predicted molar refractivity (Wildman–Crippen MR) is 36.2 cm³/mol. The molecule has 1 rings (SSSR count). The van der Waals surface area contributed by atoms with Crippen LogP contribution in [0.5, 0.6) is 0 Å². The van der Waals surface area contributed by atoms with Gasteiger partial charge >= 0.3 is 6.16 Å². The minimum Gasteiger partial charge on any atom is -0.434 e. The van der Waals surface area contributed by atoms with E-state index in [1.165, 1.54) is 0 Å². The molecule has 1 aliphatic rings. The second-order valence-corrected chi connectivity index (χ2v) is 2.38. The van der Waals surface area contributed by atoms with E-state index in [1.54, 1.807) is 0 Å². The first-order valence-corrected chi connectivity index (χ1v) is 3.60. The summed E-state index contributed by atoms with van der Waals surface area (Å²) < 4.78 is 9.06. The Morgan fingerprint density at radius 3 is 2.73 bits per heavy atom. The molecule has 0 aliphatic carbocycles. The topological polar surface area (TPSA) is 52.6 Å². The minimum absolute atomic E-state index is 0.0381. The molecule has 0 spiro atoms. The summed E-state index contributed by atoms with van der Waals surface area (Å²) in [5, 5.41) is 0. The summed E-state index contributed by atoms with van der Waals surface area (Å²) in [5.74, 6) is -0.0381. The Hall–Kier alpha value is -1.06. The maximum absolute atomic E-state index is 10.8. The van der Waals surface area contributed by atoms with Crippen LogP contribution in [0, 0.1) is 0 Å². The molecule has 0 atom stereocenters. The van der Waals surface area contributed by atoms with Gasteiger partial charge in [0.1, 0.15) is 0 Å². The molecule has 0 bridgehead atoms. The zero-order valence-corrected chi connectivity index (χ0v) is 6.17.